The van der Waals surface area contributed by atoms with Crippen LogP contribution in [0.4, 0.5) is 8.78 Å². The first-order chi connectivity index (χ1) is 7.74. The molecule has 2 rings (SSSR count). The summed E-state index contributed by atoms with van der Waals surface area (Å²) in [5.74, 6) is -0.383. The zero-order valence-corrected chi connectivity index (χ0v) is 8.41. The number of hydrogen-bond donors (Lipinski definition) is 0. The highest BCUT2D eigenvalue weighted by Gasteiger charge is 1.98. The summed E-state index contributed by atoms with van der Waals surface area (Å²) >= 11 is 0. The van der Waals surface area contributed by atoms with Crippen molar-refractivity contribution in [2.45, 2.75) is 6.61 Å². The first-order valence-electron chi connectivity index (χ1n) is 4.78. The van der Waals surface area contributed by atoms with Gasteiger partial charge in [-0.15, -0.1) is 0 Å². The SMILES string of the molecule is Fc1[c]ccc(OCc2cccc(F)c2)c1. The summed E-state index contributed by atoms with van der Waals surface area (Å²) < 4.78 is 30.9. The van der Waals surface area contributed by atoms with Crippen molar-refractivity contribution in [1.82, 2.24) is 0 Å². The monoisotopic (exact) mass is 219 g/mol. The molecule has 0 atom stereocenters. The Balaban J connectivity index is 2.02. The average molecular weight is 219 g/mol. The minimum absolute atomic E-state index is 0.210. The second-order valence-corrected chi connectivity index (χ2v) is 3.29. The van der Waals surface area contributed by atoms with Crippen LogP contribution in [0.1, 0.15) is 5.56 Å². The molecule has 81 valence electrons. The Morgan fingerprint density at radius 3 is 2.75 bits per heavy atom. The summed E-state index contributed by atoms with van der Waals surface area (Å²) in [5, 5.41) is 0. The Labute approximate surface area is 92.3 Å². The van der Waals surface area contributed by atoms with E-state index < -0.39 is 5.82 Å². The second kappa shape index (κ2) is 4.75. The minimum Gasteiger partial charge on any atom is -0.489 e. The Morgan fingerprint density at radius 1 is 1.12 bits per heavy atom. The number of ether oxygens (including phenoxy) is 1. The highest BCUT2D eigenvalue weighted by molar-refractivity contribution is 5.23. The van der Waals surface area contributed by atoms with Gasteiger partial charge in [-0.05, 0) is 29.8 Å². The van der Waals surface area contributed by atoms with Crippen molar-refractivity contribution in [2.75, 3.05) is 0 Å². The van der Waals surface area contributed by atoms with Crippen molar-refractivity contribution in [3.8, 4) is 5.75 Å². The highest BCUT2D eigenvalue weighted by atomic mass is 19.1. The summed E-state index contributed by atoms with van der Waals surface area (Å²) in [6.45, 7) is 0.210. The molecular weight excluding hydrogens is 210 g/mol. The zero-order valence-electron chi connectivity index (χ0n) is 8.41. The van der Waals surface area contributed by atoms with Crippen molar-refractivity contribution in [3.05, 3.63) is 65.7 Å². The van der Waals surface area contributed by atoms with E-state index in [0.717, 1.165) is 0 Å². The fourth-order valence-corrected chi connectivity index (χ4v) is 1.30. The predicted molar refractivity (Wildman–Crippen MR) is 56.0 cm³/mol. The maximum Gasteiger partial charge on any atom is 0.134 e. The molecule has 0 saturated heterocycles. The van der Waals surface area contributed by atoms with E-state index in [2.05, 4.69) is 6.07 Å². The van der Waals surface area contributed by atoms with Crippen molar-refractivity contribution in [3.63, 3.8) is 0 Å². The molecule has 0 spiro atoms. The fourth-order valence-electron chi connectivity index (χ4n) is 1.30. The molecule has 2 aromatic rings. The Kier molecular flexibility index (Phi) is 3.15. The molecule has 0 unspecified atom stereocenters. The minimum atomic E-state index is -0.475. The third kappa shape index (κ3) is 2.79. The molecule has 3 heteroatoms. The summed E-state index contributed by atoms with van der Waals surface area (Å²) in [6, 6.07) is 12.7. The van der Waals surface area contributed by atoms with E-state index in [1.165, 1.54) is 24.3 Å². The van der Waals surface area contributed by atoms with Gasteiger partial charge in [0.25, 0.3) is 0 Å². The van der Waals surface area contributed by atoms with Crippen LogP contribution >= 0.6 is 0 Å². The molecule has 0 amide bonds. The molecule has 0 saturated carbocycles. The predicted octanol–water partition coefficient (Wildman–Crippen LogP) is 3.34. The van der Waals surface area contributed by atoms with E-state index in [-0.39, 0.29) is 12.4 Å². The maximum absolute atomic E-state index is 12.8. The van der Waals surface area contributed by atoms with E-state index in [4.69, 9.17) is 4.74 Å². The average Bonchev–Trinajstić information content (AvgIpc) is 2.27. The van der Waals surface area contributed by atoms with E-state index in [1.54, 1.807) is 18.2 Å². The lowest BCUT2D eigenvalue weighted by Gasteiger charge is -2.05. The standard InChI is InChI=1S/C13H9F2O/c14-11-4-1-3-10(7-11)9-16-13-6-2-5-12(15)8-13/h1-4,6-8H,9H2. The first kappa shape index (κ1) is 10.6. The number of halogens is 2. The quantitative estimate of drug-likeness (QED) is 0.769. The number of rotatable bonds is 3. The van der Waals surface area contributed by atoms with Gasteiger partial charge in [0.15, 0.2) is 0 Å². The topological polar surface area (TPSA) is 9.23 Å². The van der Waals surface area contributed by atoms with Gasteiger partial charge in [-0.3, -0.25) is 0 Å². The number of benzene rings is 2. The first-order valence-corrected chi connectivity index (χ1v) is 4.78. The molecule has 0 bridgehead atoms. The molecule has 0 N–H and O–H groups in total. The third-order valence-corrected chi connectivity index (χ3v) is 2.03. The Hall–Kier alpha value is -1.90. The summed E-state index contributed by atoms with van der Waals surface area (Å²) in [4.78, 5) is 0. The van der Waals surface area contributed by atoms with Gasteiger partial charge in [0.2, 0.25) is 0 Å². The van der Waals surface area contributed by atoms with Gasteiger partial charge in [0.05, 0.1) is 0 Å². The lowest BCUT2D eigenvalue weighted by Crippen LogP contribution is -1.96. The maximum atomic E-state index is 12.8. The molecule has 0 aromatic heterocycles. The van der Waals surface area contributed by atoms with Crippen molar-refractivity contribution >= 4 is 0 Å². The summed E-state index contributed by atoms with van der Waals surface area (Å²) in [7, 11) is 0. The fraction of sp³-hybridized carbons (Fsp3) is 0.0769. The van der Waals surface area contributed by atoms with Crippen molar-refractivity contribution in [1.29, 1.82) is 0 Å². The second-order valence-electron chi connectivity index (χ2n) is 3.29. The number of hydrogen-bond acceptors (Lipinski definition) is 1. The van der Waals surface area contributed by atoms with Gasteiger partial charge in [-0.25, -0.2) is 8.78 Å². The van der Waals surface area contributed by atoms with Crippen LogP contribution < -0.4 is 4.74 Å². The van der Waals surface area contributed by atoms with Crippen LogP contribution in [0.15, 0.2) is 42.5 Å². The van der Waals surface area contributed by atoms with Gasteiger partial charge in [-0.2, -0.15) is 0 Å². The van der Waals surface area contributed by atoms with Crippen LogP contribution in [0.3, 0.4) is 0 Å². The lowest BCUT2D eigenvalue weighted by molar-refractivity contribution is 0.304. The molecule has 2 aromatic carbocycles. The van der Waals surface area contributed by atoms with E-state index in [9.17, 15) is 8.78 Å². The zero-order chi connectivity index (χ0) is 11.4. The van der Waals surface area contributed by atoms with Gasteiger partial charge < -0.3 is 4.74 Å². The van der Waals surface area contributed by atoms with Gasteiger partial charge in [0.1, 0.15) is 24.0 Å². The molecule has 0 aliphatic heterocycles. The molecule has 1 radical (unpaired) electrons. The largest absolute Gasteiger partial charge is 0.489 e. The van der Waals surface area contributed by atoms with Gasteiger partial charge in [-0.1, -0.05) is 12.1 Å². The molecule has 0 fully saturated rings. The molecule has 16 heavy (non-hydrogen) atoms. The van der Waals surface area contributed by atoms with E-state index in [1.807, 2.05) is 0 Å². The highest BCUT2D eigenvalue weighted by Crippen LogP contribution is 2.14. The van der Waals surface area contributed by atoms with Crippen LogP contribution in [0.2, 0.25) is 0 Å². The van der Waals surface area contributed by atoms with E-state index >= 15 is 0 Å². The smallest absolute Gasteiger partial charge is 0.134 e. The van der Waals surface area contributed by atoms with Crippen molar-refractivity contribution < 1.29 is 13.5 Å². The summed E-state index contributed by atoms with van der Waals surface area (Å²) in [6.07, 6.45) is 0. The third-order valence-electron chi connectivity index (χ3n) is 2.03. The molecular formula is C13H9F2O. The van der Waals surface area contributed by atoms with Gasteiger partial charge in [0, 0.05) is 12.1 Å². The van der Waals surface area contributed by atoms with Crippen LogP contribution in [0.5, 0.6) is 5.75 Å². The van der Waals surface area contributed by atoms with Crippen LogP contribution in [0, 0.1) is 17.7 Å². The van der Waals surface area contributed by atoms with Crippen molar-refractivity contribution in [2.24, 2.45) is 0 Å². The van der Waals surface area contributed by atoms with Crippen LogP contribution in [0.25, 0.3) is 0 Å². The van der Waals surface area contributed by atoms with E-state index in [0.29, 0.717) is 11.3 Å². The Morgan fingerprint density at radius 2 is 2.00 bits per heavy atom. The van der Waals surface area contributed by atoms with Crippen LogP contribution in [-0.4, -0.2) is 0 Å². The molecule has 0 aliphatic rings. The lowest BCUT2D eigenvalue weighted by atomic mass is 10.2. The normalized spacial score (nSPS) is 10.1. The molecule has 1 nitrogen and oxygen atoms in total. The van der Waals surface area contributed by atoms with Crippen LogP contribution in [-0.2, 0) is 6.61 Å². The molecule has 0 aliphatic carbocycles. The Bertz CT molecular complexity index is 437. The summed E-state index contributed by atoms with van der Waals surface area (Å²) in [5.41, 5.74) is 0.702. The molecule has 0 heterocycles. The van der Waals surface area contributed by atoms with Gasteiger partial charge >= 0.3 is 0 Å².